The molecule has 0 aliphatic carbocycles. The van der Waals surface area contributed by atoms with Crippen molar-refractivity contribution in [1.29, 1.82) is 0 Å². The van der Waals surface area contributed by atoms with Crippen molar-refractivity contribution >= 4 is 0 Å². The molecule has 1 heterocycles. The molecule has 0 amide bonds. The Balaban J connectivity index is 2.46. The Morgan fingerprint density at radius 3 is 2.37 bits per heavy atom. The Morgan fingerprint density at radius 1 is 1.26 bits per heavy atom. The summed E-state index contributed by atoms with van der Waals surface area (Å²) in [5.74, 6) is -0.881. The molecule has 1 aliphatic heterocycles. The normalized spacial score (nSPS) is 18.6. The van der Waals surface area contributed by atoms with Gasteiger partial charge in [0.2, 0.25) is 0 Å². The van der Waals surface area contributed by atoms with E-state index in [1.165, 1.54) is 13.2 Å². The standard InChI is InChI=1S/C13H15F3O3/c1-3-12(18-6-7-19-12)10-5-4-9(13(14,15)16)8-11(10)17-2/h4-5,8H,3,6-7H2,1-2H3. The molecule has 1 saturated heterocycles. The first-order valence-electron chi connectivity index (χ1n) is 5.96. The van der Waals surface area contributed by atoms with Gasteiger partial charge in [-0.15, -0.1) is 0 Å². The topological polar surface area (TPSA) is 27.7 Å². The zero-order valence-electron chi connectivity index (χ0n) is 10.7. The van der Waals surface area contributed by atoms with Crippen LogP contribution in [0, 0.1) is 0 Å². The van der Waals surface area contributed by atoms with Crippen LogP contribution in [0.15, 0.2) is 18.2 Å². The molecule has 1 fully saturated rings. The van der Waals surface area contributed by atoms with Crippen molar-refractivity contribution in [1.82, 2.24) is 0 Å². The molecule has 3 nitrogen and oxygen atoms in total. The van der Waals surface area contributed by atoms with Crippen molar-refractivity contribution in [3.8, 4) is 5.75 Å². The minimum atomic E-state index is -4.40. The van der Waals surface area contributed by atoms with Crippen molar-refractivity contribution < 1.29 is 27.4 Å². The van der Waals surface area contributed by atoms with E-state index in [0.717, 1.165) is 12.1 Å². The maximum atomic E-state index is 12.7. The summed E-state index contributed by atoms with van der Waals surface area (Å²) < 4.78 is 54.2. The van der Waals surface area contributed by atoms with Crippen molar-refractivity contribution in [3.05, 3.63) is 29.3 Å². The van der Waals surface area contributed by atoms with Gasteiger partial charge >= 0.3 is 6.18 Å². The fourth-order valence-electron chi connectivity index (χ4n) is 2.19. The third-order valence-corrected chi connectivity index (χ3v) is 3.16. The SMILES string of the molecule is CCC1(c2ccc(C(F)(F)F)cc2OC)OCCO1. The predicted molar refractivity (Wildman–Crippen MR) is 61.9 cm³/mol. The molecule has 1 aromatic rings. The van der Waals surface area contributed by atoms with E-state index in [1.54, 1.807) is 0 Å². The molecule has 0 atom stereocenters. The number of ether oxygens (including phenoxy) is 3. The number of alkyl halides is 3. The number of benzene rings is 1. The summed E-state index contributed by atoms with van der Waals surface area (Å²) in [4.78, 5) is 0. The highest BCUT2D eigenvalue weighted by molar-refractivity contribution is 5.41. The van der Waals surface area contributed by atoms with Crippen LogP contribution in [-0.4, -0.2) is 20.3 Å². The van der Waals surface area contributed by atoms with E-state index >= 15 is 0 Å². The van der Waals surface area contributed by atoms with Gasteiger partial charge in [-0.3, -0.25) is 0 Å². The summed E-state index contributed by atoms with van der Waals surface area (Å²) in [6.07, 6.45) is -3.91. The van der Waals surface area contributed by atoms with Crippen molar-refractivity contribution in [2.24, 2.45) is 0 Å². The van der Waals surface area contributed by atoms with Crippen LogP contribution < -0.4 is 4.74 Å². The lowest BCUT2D eigenvalue weighted by molar-refractivity contribution is -0.168. The molecule has 0 unspecified atom stereocenters. The highest BCUT2D eigenvalue weighted by atomic mass is 19.4. The van der Waals surface area contributed by atoms with E-state index in [1.807, 2.05) is 6.92 Å². The molecule has 0 radical (unpaired) electrons. The molecule has 1 aliphatic rings. The monoisotopic (exact) mass is 276 g/mol. The molecule has 0 bridgehead atoms. The second-order valence-electron chi connectivity index (χ2n) is 4.22. The van der Waals surface area contributed by atoms with Crippen LogP contribution in [0.4, 0.5) is 13.2 Å². The second kappa shape index (κ2) is 5.02. The van der Waals surface area contributed by atoms with Gasteiger partial charge in [0.1, 0.15) is 5.75 Å². The molecule has 2 rings (SSSR count). The van der Waals surface area contributed by atoms with Gasteiger partial charge in [-0.2, -0.15) is 13.2 Å². The van der Waals surface area contributed by atoms with Gasteiger partial charge < -0.3 is 14.2 Å². The summed E-state index contributed by atoms with van der Waals surface area (Å²) in [7, 11) is 1.33. The molecule has 0 aromatic heterocycles. The maximum Gasteiger partial charge on any atom is 0.416 e. The van der Waals surface area contributed by atoms with Gasteiger partial charge in [0, 0.05) is 6.42 Å². The number of hydrogen-bond donors (Lipinski definition) is 0. The lowest BCUT2D eigenvalue weighted by atomic mass is 10.00. The summed E-state index contributed by atoms with van der Waals surface area (Å²) in [5.41, 5.74) is -0.264. The molecule has 19 heavy (non-hydrogen) atoms. The zero-order chi connectivity index (χ0) is 14.1. The number of methoxy groups -OCH3 is 1. The van der Waals surface area contributed by atoms with Gasteiger partial charge in [0.05, 0.1) is 31.5 Å². The van der Waals surface area contributed by atoms with E-state index in [-0.39, 0.29) is 5.75 Å². The molecule has 0 N–H and O–H groups in total. The first kappa shape index (κ1) is 14.1. The minimum absolute atomic E-state index is 0.124. The Morgan fingerprint density at radius 2 is 1.89 bits per heavy atom. The van der Waals surface area contributed by atoms with Crippen LogP contribution >= 0.6 is 0 Å². The molecule has 1 aromatic carbocycles. The Hall–Kier alpha value is -1.27. The molecular weight excluding hydrogens is 261 g/mol. The van der Waals surface area contributed by atoms with Gasteiger partial charge in [-0.25, -0.2) is 0 Å². The molecule has 0 saturated carbocycles. The Bertz CT molecular complexity index is 451. The van der Waals surface area contributed by atoms with Crippen molar-refractivity contribution in [2.75, 3.05) is 20.3 Å². The van der Waals surface area contributed by atoms with Gasteiger partial charge in [-0.1, -0.05) is 6.92 Å². The van der Waals surface area contributed by atoms with Crippen LogP contribution in [0.1, 0.15) is 24.5 Å². The summed E-state index contributed by atoms with van der Waals surface area (Å²) in [6.45, 7) is 2.68. The third-order valence-electron chi connectivity index (χ3n) is 3.16. The van der Waals surface area contributed by atoms with E-state index < -0.39 is 17.5 Å². The van der Waals surface area contributed by atoms with Crippen LogP contribution in [0.3, 0.4) is 0 Å². The molecule has 6 heteroatoms. The first-order valence-corrected chi connectivity index (χ1v) is 5.96. The summed E-state index contributed by atoms with van der Waals surface area (Å²) in [6, 6.07) is 3.34. The Labute approximate surface area is 109 Å². The maximum absolute atomic E-state index is 12.7. The number of halogens is 3. The van der Waals surface area contributed by atoms with Gasteiger partial charge in [-0.05, 0) is 18.2 Å². The largest absolute Gasteiger partial charge is 0.496 e. The quantitative estimate of drug-likeness (QED) is 0.847. The van der Waals surface area contributed by atoms with Crippen LogP contribution in [0.5, 0.6) is 5.75 Å². The average molecular weight is 276 g/mol. The number of hydrogen-bond acceptors (Lipinski definition) is 3. The first-order chi connectivity index (χ1) is 8.93. The summed E-state index contributed by atoms with van der Waals surface area (Å²) in [5, 5.41) is 0. The minimum Gasteiger partial charge on any atom is -0.496 e. The van der Waals surface area contributed by atoms with Gasteiger partial charge in [0.15, 0.2) is 5.79 Å². The lowest BCUT2D eigenvalue weighted by Crippen LogP contribution is -2.27. The summed E-state index contributed by atoms with van der Waals surface area (Å²) >= 11 is 0. The fourth-order valence-corrected chi connectivity index (χ4v) is 2.19. The van der Waals surface area contributed by atoms with Gasteiger partial charge in [0.25, 0.3) is 0 Å². The third kappa shape index (κ3) is 2.55. The second-order valence-corrected chi connectivity index (χ2v) is 4.22. The smallest absolute Gasteiger partial charge is 0.416 e. The van der Waals surface area contributed by atoms with Crippen LogP contribution in [-0.2, 0) is 21.4 Å². The van der Waals surface area contributed by atoms with E-state index in [0.29, 0.717) is 25.2 Å². The zero-order valence-corrected chi connectivity index (χ0v) is 10.7. The predicted octanol–water partition coefficient (Wildman–Crippen LogP) is 3.32. The van der Waals surface area contributed by atoms with Crippen LogP contribution in [0.25, 0.3) is 0 Å². The average Bonchev–Trinajstić information content (AvgIpc) is 2.86. The highest BCUT2D eigenvalue weighted by Crippen LogP contribution is 2.42. The Kier molecular flexibility index (Phi) is 3.73. The molecule has 0 spiro atoms. The van der Waals surface area contributed by atoms with Crippen LogP contribution in [0.2, 0.25) is 0 Å². The highest BCUT2D eigenvalue weighted by Gasteiger charge is 2.40. The molecule has 106 valence electrons. The molecular formula is C13H15F3O3. The fraction of sp³-hybridized carbons (Fsp3) is 0.538. The van der Waals surface area contributed by atoms with E-state index in [9.17, 15) is 13.2 Å². The number of rotatable bonds is 3. The lowest BCUT2D eigenvalue weighted by Gasteiger charge is -2.28. The van der Waals surface area contributed by atoms with Crippen molar-refractivity contribution in [3.63, 3.8) is 0 Å². The van der Waals surface area contributed by atoms with E-state index in [4.69, 9.17) is 14.2 Å². The van der Waals surface area contributed by atoms with Crippen molar-refractivity contribution in [2.45, 2.75) is 25.3 Å². The van der Waals surface area contributed by atoms with E-state index in [2.05, 4.69) is 0 Å².